The molecular weight excluding hydrogens is 232 g/mol. The van der Waals surface area contributed by atoms with Crippen LogP contribution in [0.2, 0.25) is 0 Å². The van der Waals surface area contributed by atoms with Gasteiger partial charge in [-0.1, -0.05) is 0 Å². The van der Waals surface area contributed by atoms with Crippen LogP contribution < -0.4 is 0 Å². The lowest BCUT2D eigenvalue weighted by molar-refractivity contribution is -0.387. The molecule has 0 saturated heterocycles. The molecule has 0 aliphatic heterocycles. The van der Waals surface area contributed by atoms with Crippen LogP contribution in [0.4, 0.5) is 14.5 Å². The number of Topliss-reactive ketones (excluding diaryl/α,β-unsaturated/α-hetero) is 1. The molecule has 80 valence electrons. The van der Waals surface area contributed by atoms with Gasteiger partial charge in [0.05, 0.1) is 22.4 Å². The van der Waals surface area contributed by atoms with Gasteiger partial charge in [-0.25, -0.2) is 4.39 Å². The summed E-state index contributed by atoms with van der Waals surface area (Å²) in [6, 6.07) is 0.980. The Hall–Kier alpha value is -1.56. The van der Waals surface area contributed by atoms with Gasteiger partial charge in [-0.3, -0.25) is 14.9 Å². The molecule has 0 aliphatic carbocycles. The highest BCUT2D eigenvalue weighted by atomic mass is 35.5. The SMILES string of the molecule is O=C(CCl)c1cc(F)cc([N+](=O)[O-])c1F. The Morgan fingerprint density at radius 2 is 2.07 bits per heavy atom. The molecule has 0 spiro atoms. The molecule has 0 aromatic heterocycles. The van der Waals surface area contributed by atoms with Gasteiger partial charge in [0.2, 0.25) is 5.82 Å². The Balaban J connectivity index is 3.41. The largest absolute Gasteiger partial charge is 0.308 e. The van der Waals surface area contributed by atoms with Crippen LogP contribution in [-0.4, -0.2) is 16.6 Å². The molecule has 1 rings (SSSR count). The number of alkyl halides is 1. The fourth-order valence-corrected chi connectivity index (χ4v) is 1.13. The molecule has 15 heavy (non-hydrogen) atoms. The van der Waals surface area contributed by atoms with Gasteiger partial charge in [-0.05, 0) is 6.07 Å². The lowest BCUT2D eigenvalue weighted by Crippen LogP contribution is -2.07. The highest BCUT2D eigenvalue weighted by Crippen LogP contribution is 2.22. The number of ketones is 1. The molecule has 0 aliphatic rings. The van der Waals surface area contributed by atoms with Crippen molar-refractivity contribution in [2.24, 2.45) is 0 Å². The summed E-state index contributed by atoms with van der Waals surface area (Å²) < 4.78 is 26.1. The summed E-state index contributed by atoms with van der Waals surface area (Å²) in [6.07, 6.45) is 0. The van der Waals surface area contributed by atoms with E-state index < -0.39 is 39.5 Å². The van der Waals surface area contributed by atoms with Crippen molar-refractivity contribution >= 4 is 23.1 Å². The Labute approximate surface area is 87.6 Å². The zero-order chi connectivity index (χ0) is 11.6. The Morgan fingerprint density at radius 1 is 1.47 bits per heavy atom. The number of halogens is 3. The normalized spacial score (nSPS) is 10.1. The van der Waals surface area contributed by atoms with Crippen molar-refractivity contribution < 1.29 is 18.5 Å². The maximum Gasteiger partial charge on any atom is 0.308 e. The van der Waals surface area contributed by atoms with Crippen molar-refractivity contribution in [3.63, 3.8) is 0 Å². The number of nitro benzene ring substituents is 1. The Kier molecular flexibility index (Phi) is 3.31. The van der Waals surface area contributed by atoms with Crippen LogP contribution in [0.15, 0.2) is 12.1 Å². The van der Waals surface area contributed by atoms with E-state index in [1.54, 1.807) is 0 Å². The molecule has 0 saturated carbocycles. The summed E-state index contributed by atoms with van der Waals surface area (Å²) in [5, 5.41) is 10.3. The third-order valence-electron chi connectivity index (χ3n) is 1.64. The summed E-state index contributed by atoms with van der Waals surface area (Å²) in [7, 11) is 0. The quantitative estimate of drug-likeness (QED) is 0.350. The van der Waals surface area contributed by atoms with Gasteiger partial charge >= 0.3 is 5.69 Å². The number of rotatable bonds is 3. The first kappa shape index (κ1) is 11.5. The lowest BCUT2D eigenvalue weighted by atomic mass is 10.1. The van der Waals surface area contributed by atoms with E-state index in [0.29, 0.717) is 12.1 Å². The second-order valence-corrected chi connectivity index (χ2v) is 2.87. The van der Waals surface area contributed by atoms with Crippen LogP contribution in [0, 0.1) is 21.7 Å². The van der Waals surface area contributed by atoms with Crippen molar-refractivity contribution in [2.45, 2.75) is 0 Å². The number of nitro groups is 1. The number of carbonyl (C=O) groups excluding carboxylic acids is 1. The number of carbonyl (C=O) groups is 1. The number of nitrogens with zero attached hydrogens (tertiary/aromatic N) is 1. The predicted octanol–water partition coefficient (Wildman–Crippen LogP) is 2.29. The monoisotopic (exact) mass is 235 g/mol. The fraction of sp³-hybridized carbons (Fsp3) is 0.125. The maximum absolute atomic E-state index is 13.3. The van der Waals surface area contributed by atoms with E-state index in [-0.39, 0.29) is 0 Å². The highest BCUT2D eigenvalue weighted by Gasteiger charge is 2.23. The topological polar surface area (TPSA) is 60.2 Å². The summed E-state index contributed by atoms with van der Waals surface area (Å²) in [4.78, 5) is 20.2. The van der Waals surface area contributed by atoms with Crippen molar-refractivity contribution in [2.75, 3.05) is 5.88 Å². The molecule has 0 amide bonds. The summed E-state index contributed by atoms with van der Waals surface area (Å²) in [5.74, 6) is -3.90. The first-order chi connectivity index (χ1) is 6.97. The summed E-state index contributed by atoms with van der Waals surface area (Å²) in [5.41, 5.74) is -1.79. The van der Waals surface area contributed by atoms with E-state index in [1.165, 1.54) is 0 Å². The van der Waals surface area contributed by atoms with Crippen LogP contribution in [0.1, 0.15) is 10.4 Å². The minimum atomic E-state index is -1.37. The maximum atomic E-state index is 13.3. The third-order valence-corrected chi connectivity index (χ3v) is 1.88. The van der Waals surface area contributed by atoms with Crippen LogP contribution in [0.3, 0.4) is 0 Å². The van der Waals surface area contributed by atoms with E-state index >= 15 is 0 Å². The van der Waals surface area contributed by atoms with Crippen molar-refractivity contribution in [3.8, 4) is 0 Å². The smallest absolute Gasteiger partial charge is 0.293 e. The molecule has 0 fully saturated rings. The second-order valence-electron chi connectivity index (χ2n) is 2.60. The molecule has 0 radical (unpaired) electrons. The van der Waals surface area contributed by atoms with Gasteiger partial charge in [0.25, 0.3) is 0 Å². The number of hydrogen-bond donors (Lipinski definition) is 0. The average molecular weight is 236 g/mol. The molecule has 1 aromatic carbocycles. The van der Waals surface area contributed by atoms with E-state index in [9.17, 15) is 23.7 Å². The predicted molar refractivity (Wildman–Crippen MR) is 48.1 cm³/mol. The van der Waals surface area contributed by atoms with Crippen LogP contribution in [0.5, 0.6) is 0 Å². The summed E-state index contributed by atoms with van der Waals surface area (Å²) >= 11 is 5.13. The van der Waals surface area contributed by atoms with Gasteiger partial charge in [-0.15, -0.1) is 11.6 Å². The molecule has 1 aromatic rings. The molecule has 0 atom stereocenters. The van der Waals surface area contributed by atoms with Crippen LogP contribution in [-0.2, 0) is 0 Å². The van der Waals surface area contributed by atoms with Gasteiger partial charge in [0.1, 0.15) is 5.82 Å². The van der Waals surface area contributed by atoms with Gasteiger partial charge in [0.15, 0.2) is 5.78 Å². The van der Waals surface area contributed by atoms with Crippen LogP contribution in [0.25, 0.3) is 0 Å². The van der Waals surface area contributed by atoms with Gasteiger partial charge < -0.3 is 0 Å². The van der Waals surface area contributed by atoms with E-state index in [0.717, 1.165) is 0 Å². The zero-order valence-corrected chi connectivity index (χ0v) is 7.92. The van der Waals surface area contributed by atoms with E-state index in [1.807, 2.05) is 0 Å². The molecule has 0 N–H and O–H groups in total. The van der Waals surface area contributed by atoms with E-state index in [4.69, 9.17) is 11.6 Å². The molecular formula is C8H4ClF2NO3. The zero-order valence-electron chi connectivity index (χ0n) is 7.17. The molecule has 7 heteroatoms. The van der Waals surface area contributed by atoms with Crippen molar-refractivity contribution in [3.05, 3.63) is 39.4 Å². The van der Waals surface area contributed by atoms with Gasteiger partial charge in [-0.2, -0.15) is 4.39 Å². The highest BCUT2D eigenvalue weighted by molar-refractivity contribution is 6.30. The van der Waals surface area contributed by atoms with Crippen molar-refractivity contribution in [1.82, 2.24) is 0 Å². The molecule has 0 bridgehead atoms. The van der Waals surface area contributed by atoms with Gasteiger partial charge in [0, 0.05) is 0 Å². The lowest BCUT2D eigenvalue weighted by Gasteiger charge is -2.00. The van der Waals surface area contributed by atoms with E-state index in [2.05, 4.69) is 0 Å². The third kappa shape index (κ3) is 2.27. The average Bonchev–Trinajstić information content (AvgIpc) is 2.19. The summed E-state index contributed by atoms with van der Waals surface area (Å²) in [6.45, 7) is 0. The van der Waals surface area contributed by atoms with Crippen LogP contribution >= 0.6 is 11.6 Å². The first-order valence-corrected chi connectivity index (χ1v) is 4.23. The Bertz CT molecular complexity index is 436. The fourth-order valence-electron chi connectivity index (χ4n) is 0.983. The minimum Gasteiger partial charge on any atom is -0.293 e. The standard InChI is InChI=1S/C8H4ClF2NO3/c9-3-7(13)5-1-4(10)2-6(8(5)11)12(14)15/h1-2H,3H2. The minimum absolute atomic E-state index is 0.403. The molecule has 0 heterocycles. The van der Waals surface area contributed by atoms with Crippen molar-refractivity contribution in [1.29, 1.82) is 0 Å². The molecule has 4 nitrogen and oxygen atoms in total. The second kappa shape index (κ2) is 4.31. The molecule has 0 unspecified atom stereocenters. The number of benzene rings is 1. The number of hydrogen-bond acceptors (Lipinski definition) is 3. The Morgan fingerprint density at radius 3 is 2.53 bits per heavy atom. The first-order valence-electron chi connectivity index (χ1n) is 3.70.